The van der Waals surface area contributed by atoms with Gasteiger partial charge in [-0.15, -0.1) is 0 Å². The van der Waals surface area contributed by atoms with Gasteiger partial charge in [0.15, 0.2) is 0 Å². The molecule has 0 unspecified atom stereocenters. The van der Waals surface area contributed by atoms with Gasteiger partial charge in [0.2, 0.25) is 0 Å². The molecule has 0 radical (unpaired) electrons. The molecule has 0 aliphatic rings. The van der Waals surface area contributed by atoms with Gasteiger partial charge in [-0.1, -0.05) is 11.6 Å². The van der Waals surface area contributed by atoms with Crippen molar-refractivity contribution in [1.82, 2.24) is 9.97 Å². The molecule has 14 heavy (non-hydrogen) atoms. The highest BCUT2D eigenvalue weighted by Gasteiger charge is 1.97. The molecule has 1 heterocycles. The van der Waals surface area contributed by atoms with Crippen molar-refractivity contribution < 1.29 is 9.47 Å². The lowest BCUT2D eigenvalue weighted by molar-refractivity contribution is 0.182. The van der Waals surface area contributed by atoms with Crippen molar-refractivity contribution in [1.29, 1.82) is 0 Å². The third kappa shape index (κ3) is 4.39. The molecule has 78 valence electrons. The number of methoxy groups -OCH3 is 1. The van der Waals surface area contributed by atoms with Crippen LogP contribution in [-0.4, -0.2) is 30.3 Å². The van der Waals surface area contributed by atoms with E-state index in [0.717, 1.165) is 19.4 Å². The number of aromatic nitrogens is 2. The van der Waals surface area contributed by atoms with Gasteiger partial charge in [0.1, 0.15) is 5.15 Å². The maximum atomic E-state index is 5.66. The Morgan fingerprint density at radius 3 is 2.86 bits per heavy atom. The van der Waals surface area contributed by atoms with E-state index in [4.69, 9.17) is 21.1 Å². The van der Waals surface area contributed by atoms with E-state index >= 15 is 0 Å². The molecule has 4 nitrogen and oxygen atoms in total. The number of nitrogens with zero attached hydrogens (tertiary/aromatic N) is 2. The molecule has 0 saturated carbocycles. The van der Waals surface area contributed by atoms with E-state index in [0.29, 0.717) is 17.8 Å². The van der Waals surface area contributed by atoms with E-state index in [1.165, 1.54) is 0 Å². The summed E-state index contributed by atoms with van der Waals surface area (Å²) < 4.78 is 10.2. The summed E-state index contributed by atoms with van der Waals surface area (Å²) in [4.78, 5) is 7.80. The molecule has 5 heteroatoms. The van der Waals surface area contributed by atoms with Gasteiger partial charge in [0, 0.05) is 19.9 Å². The highest BCUT2D eigenvalue weighted by atomic mass is 35.5. The fourth-order valence-electron chi connectivity index (χ4n) is 0.902. The molecule has 0 fully saturated rings. The van der Waals surface area contributed by atoms with E-state index in [1.807, 2.05) is 0 Å². The zero-order valence-corrected chi connectivity index (χ0v) is 8.83. The summed E-state index contributed by atoms with van der Waals surface area (Å²) in [5, 5.41) is 0.395. The number of halogens is 1. The summed E-state index contributed by atoms with van der Waals surface area (Å²) in [5.74, 6) is 0. The van der Waals surface area contributed by atoms with E-state index in [2.05, 4.69) is 9.97 Å². The topological polar surface area (TPSA) is 44.2 Å². The minimum atomic E-state index is 0.329. The maximum absolute atomic E-state index is 5.66. The van der Waals surface area contributed by atoms with Crippen LogP contribution in [0.25, 0.3) is 0 Å². The highest BCUT2D eigenvalue weighted by molar-refractivity contribution is 6.29. The summed E-state index contributed by atoms with van der Waals surface area (Å²) in [7, 11) is 1.68. The van der Waals surface area contributed by atoms with Gasteiger partial charge < -0.3 is 9.47 Å². The molecule has 0 bridgehead atoms. The first-order chi connectivity index (χ1) is 6.83. The lowest BCUT2D eigenvalue weighted by Crippen LogP contribution is -2.02. The molecular formula is C9H13ClN2O2. The fraction of sp³-hybridized carbons (Fsp3) is 0.556. The quantitative estimate of drug-likeness (QED) is 0.539. The molecule has 0 aliphatic heterocycles. The Hall–Kier alpha value is -0.870. The molecule has 1 rings (SSSR count). The van der Waals surface area contributed by atoms with Crippen LogP contribution in [0.15, 0.2) is 12.3 Å². The van der Waals surface area contributed by atoms with E-state index in [-0.39, 0.29) is 0 Å². The molecular weight excluding hydrogens is 204 g/mol. The normalized spacial score (nSPS) is 10.1. The van der Waals surface area contributed by atoms with Crippen LogP contribution in [0.4, 0.5) is 0 Å². The SMILES string of the molecule is COCCCCOc1nccc(Cl)n1. The van der Waals surface area contributed by atoms with Gasteiger partial charge in [-0.2, -0.15) is 4.98 Å². The third-order valence-corrected chi connectivity index (χ3v) is 1.78. The van der Waals surface area contributed by atoms with Crippen LogP contribution in [0, 0.1) is 0 Å². The number of hydrogen-bond donors (Lipinski definition) is 0. The Morgan fingerprint density at radius 1 is 1.36 bits per heavy atom. The highest BCUT2D eigenvalue weighted by Crippen LogP contribution is 2.07. The minimum absolute atomic E-state index is 0.329. The number of hydrogen-bond acceptors (Lipinski definition) is 4. The van der Waals surface area contributed by atoms with Gasteiger partial charge in [-0.25, -0.2) is 4.98 Å². The largest absolute Gasteiger partial charge is 0.463 e. The van der Waals surface area contributed by atoms with Crippen LogP contribution in [0.5, 0.6) is 6.01 Å². The summed E-state index contributed by atoms with van der Waals surface area (Å²) in [6, 6.07) is 1.94. The van der Waals surface area contributed by atoms with E-state index in [1.54, 1.807) is 19.4 Å². The number of ether oxygens (including phenoxy) is 2. The first-order valence-corrected chi connectivity index (χ1v) is 4.81. The number of unbranched alkanes of at least 4 members (excludes halogenated alkanes) is 1. The first kappa shape index (κ1) is 11.2. The van der Waals surface area contributed by atoms with Crippen molar-refractivity contribution in [2.45, 2.75) is 12.8 Å². The van der Waals surface area contributed by atoms with Gasteiger partial charge in [-0.3, -0.25) is 0 Å². The van der Waals surface area contributed by atoms with Crippen LogP contribution >= 0.6 is 11.6 Å². The van der Waals surface area contributed by atoms with Gasteiger partial charge >= 0.3 is 6.01 Å². The lowest BCUT2D eigenvalue weighted by Gasteiger charge is -2.03. The molecule has 0 atom stereocenters. The Bertz CT molecular complexity index is 271. The van der Waals surface area contributed by atoms with Gasteiger partial charge in [-0.05, 0) is 18.9 Å². The van der Waals surface area contributed by atoms with Crippen molar-refractivity contribution in [3.05, 3.63) is 17.4 Å². The molecule has 1 aromatic heterocycles. The average molecular weight is 217 g/mol. The second kappa shape index (κ2) is 6.56. The van der Waals surface area contributed by atoms with Crippen molar-refractivity contribution >= 4 is 11.6 Å². The summed E-state index contributed by atoms with van der Waals surface area (Å²) in [5.41, 5.74) is 0. The van der Waals surface area contributed by atoms with Crippen molar-refractivity contribution in [2.75, 3.05) is 20.3 Å². The lowest BCUT2D eigenvalue weighted by atomic mass is 10.3. The van der Waals surface area contributed by atoms with Crippen molar-refractivity contribution in [2.24, 2.45) is 0 Å². The summed E-state index contributed by atoms with van der Waals surface area (Å²) in [6.07, 6.45) is 3.46. The Kier molecular flexibility index (Phi) is 5.25. The third-order valence-electron chi connectivity index (χ3n) is 1.57. The van der Waals surface area contributed by atoms with Crippen LogP contribution in [0.2, 0.25) is 5.15 Å². The monoisotopic (exact) mass is 216 g/mol. The second-order valence-electron chi connectivity index (χ2n) is 2.71. The number of rotatable bonds is 6. The van der Waals surface area contributed by atoms with Crippen molar-refractivity contribution in [3.8, 4) is 6.01 Å². The minimum Gasteiger partial charge on any atom is -0.463 e. The Morgan fingerprint density at radius 2 is 2.14 bits per heavy atom. The van der Waals surface area contributed by atoms with Gasteiger partial charge in [0.05, 0.1) is 6.61 Å². The Labute approximate surface area is 88.2 Å². The molecule has 0 saturated heterocycles. The molecule has 0 N–H and O–H groups in total. The first-order valence-electron chi connectivity index (χ1n) is 4.43. The smallest absolute Gasteiger partial charge is 0.317 e. The Balaban J connectivity index is 2.18. The second-order valence-corrected chi connectivity index (χ2v) is 3.10. The van der Waals surface area contributed by atoms with E-state index < -0.39 is 0 Å². The van der Waals surface area contributed by atoms with Crippen molar-refractivity contribution in [3.63, 3.8) is 0 Å². The standard InChI is InChI=1S/C9H13ClN2O2/c1-13-6-2-3-7-14-9-11-5-4-8(10)12-9/h4-5H,2-3,6-7H2,1H3. The predicted octanol–water partition coefficient (Wildman–Crippen LogP) is 1.94. The maximum Gasteiger partial charge on any atom is 0.317 e. The molecule has 1 aromatic rings. The molecule has 0 aromatic carbocycles. The van der Waals surface area contributed by atoms with Crippen LogP contribution in [0.3, 0.4) is 0 Å². The summed E-state index contributed by atoms with van der Waals surface area (Å²) in [6.45, 7) is 1.34. The van der Waals surface area contributed by atoms with Crippen LogP contribution in [0.1, 0.15) is 12.8 Å². The predicted molar refractivity (Wildman–Crippen MR) is 53.6 cm³/mol. The van der Waals surface area contributed by atoms with Crippen LogP contribution < -0.4 is 4.74 Å². The average Bonchev–Trinajstić information content (AvgIpc) is 2.18. The molecule has 0 aliphatic carbocycles. The van der Waals surface area contributed by atoms with E-state index in [9.17, 15) is 0 Å². The fourth-order valence-corrected chi connectivity index (χ4v) is 1.03. The molecule has 0 amide bonds. The summed E-state index contributed by atoms with van der Waals surface area (Å²) >= 11 is 5.66. The molecule has 0 spiro atoms. The zero-order valence-electron chi connectivity index (χ0n) is 8.07. The van der Waals surface area contributed by atoms with Gasteiger partial charge in [0.25, 0.3) is 0 Å². The zero-order chi connectivity index (χ0) is 10.2. The van der Waals surface area contributed by atoms with Crippen LogP contribution in [-0.2, 0) is 4.74 Å².